The van der Waals surface area contributed by atoms with Crippen molar-refractivity contribution in [1.82, 2.24) is 5.32 Å². The van der Waals surface area contributed by atoms with Crippen molar-refractivity contribution in [2.75, 3.05) is 6.61 Å². The number of ether oxygens (including phenoxy) is 1. The monoisotopic (exact) mass is 338 g/mol. The van der Waals surface area contributed by atoms with Gasteiger partial charge < -0.3 is 9.84 Å². The Labute approximate surface area is 149 Å². The molecule has 1 heterocycles. The van der Waals surface area contributed by atoms with Crippen molar-refractivity contribution in [3.63, 3.8) is 0 Å². The summed E-state index contributed by atoms with van der Waals surface area (Å²) in [5.74, 6) is 1.57. The van der Waals surface area contributed by atoms with Gasteiger partial charge in [0.25, 0.3) is 0 Å². The van der Waals surface area contributed by atoms with Crippen molar-refractivity contribution in [3.05, 3.63) is 59.7 Å². The summed E-state index contributed by atoms with van der Waals surface area (Å²) < 4.78 is 5.53. The summed E-state index contributed by atoms with van der Waals surface area (Å²) in [5, 5.41) is 13.8. The maximum absolute atomic E-state index is 10.2. The van der Waals surface area contributed by atoms with E-state index in [9.17, 15) is 5.11 Å². The highest BCUT2D eigenvalue weighted by molar-refractivity contribution is 6.01. The third-order valence-corrected chi connectivity index (χ3v) is 4.51. The van der Waals surface area contributed by atoms with Crippen molar-refractivity contribution in [1.29, 1.82) is 0 Å². The predicted octanol–water partition coefficient (Wildman–Crippen LogP) is 4.30. The summed E-state index contributed by atoms with van der Waals surface area (Å²) in [7, 11) is 0. The minimum absolute atomic E-state index is 0.0277. The van der Waals surface area contributed by atoms with Crippen molar-refractivity contribution in [2.45, 2.75) is 39.4 Å². The molecule has 0 saturated carbocycles. The highest BCUT2D eigenvalue weighted by atomic mass is 16.5. The van der Waals surface area contributed by atoms with Gasteiger partial charge in [-0.25, -0.2) is 0 Å². The predicted molar refractivity (Wildman–Crippen MR) is 101 cm³/mol. The molecule has 0 aliphatic carbocycles. The number of aromatic hydroxyl groups is 1. The molecule has 0 spiro atoms. The Morgan fingerprint density at radius 1 is 1.16 bits per heavy atom. The van der Waals surface area contributed by atoms with Gasteiger partial charge in [-0.3, -0.25) is 10.3 Å². The molecule has 1 aliphatic rings. The first-order chi connectivity index (χ1) is 12.1. The van der Waals surface area contributed by atoms with Gasteiger partial charge in [0.2, 0.25) is 0 Å². The Bertz CT molecular complexity index is 738. The van der Waals surface area contributed by atoms with Crippen LogP contribution in [0.4, 0.5) is 0 Å². The number of hydrogen-bond acceptors (Lipinski definition) is 4. The Kier molecular flexibility index (Phi) is 5.39. The lowest BCUT2D eigenvalue weighted by Crippen LogP contribution is -2.41. The molecule has 4 heteroatoms. The normalized spacial score (nSPS) is 20.4. The summed E-state index contributed by atoms with van der Waals surface area (Å²) in [6.45, 7) is 6.96. The molecule has 4 nitrogen and oxygen atoms in total. The van der Waals surface area contributed by atoms with Gasteiger partial charge in [-0.05, 0) is 48.7 Å². The standard InChI is InChI=1S/C21H26N2O2/c1-4-25-16-11-9-15(10-12-16)18-13-19(23-21(22-18)14(2)3)17-7-5-6-8-20(17)24/h5-12,14,19,21,23-24H,4,13H2,1-3H3. The Hall–Kier alpha value is -2.33. The molecule has 3 rings (SSSR count). The second kappa shape index (κ2) is 7.70. The van der Waals surface area contributed by atoms with Gasteiger partial charge >= 0.3 is 0 Å². The van der Waals surface area contributed by atoms with E-state index in [0.717, 1.165) is 29.0 Å². The first-order valence-electron chi connectivity index (χ1n) is 8.92. The van der Waals surface area contributed by atoms with Crippen molar-refractivity contribution >= 4 is 5.71 Å². The third kappa shape index (κ3) is 4.02. The molecule has 1 aliphatic heterocycles. The summed E-state index contributed by atoms with van der Waals surface area (Å²) in [6, 6.07) is 15.7. The zero-order chi connectivity index (χ0) is 17.8. The van der Waals surface area contributed by atoms with Crippen LogP contribution in [0.5, 0.6) is 11.5 Å². The summed E-state index contributed by atoms with van der Waals surface area (Å²) >= 11 is 0. The van der Waals surface area contributed by atoms with Gasteiger partial charge in [0.15, 0.2) is 0 Å². The average Bonchev–Trinajstić information content (AvgIpc) is 2.62. The minimum Gasteiger partial charge on any atom is -0.508 e. The molecule has 2 aromatic carbocycles. The van der Waals surface area contributed by atoms with Gasteiger partial charge in [-0.2, -0.15) is 0 Å². The fourth-order valence-corrected chi connectivity index (χ4v) is 3.14. The lowest BCUT2D eigenvalue weighted by molar-refractivity contribution is 0.340. The molecule has 0 bridgehead atoms. The second-order valence-electron chi connectivity index (χ2n) is 6.70. The topological polar surface area (TPSA) is 53.8 Å². The van der Waals surface area contributed by atoms with Gasteiger partial charge in [-0.15, -0.1) is 0 Å². The van der Waals surface area contributed by atoms with E-state index in [-0.39, 0.29) is 12.2 Å². The summed E-state index contributed by atoms with van der Waals surface area (Å²) in [5.41, 5.74) is 3.09. The molecule has 132 valence electrons. The minimum atomic E-state index is 0.0277. The maximum atomic E-state index is 10.2. The molecule has 2 aromatic rings. The largest absolute Gasteiger partial charge is 0.508 e. The van der Waals surface area contributed by atoms with Crippen molar-refractivity contribution in [2.24, 2.45) is 10.9 Å². The Balaban J connectivity index is 1.90. The second-order valence-corrected chi connectivity index (χ2v) is 6.70. The molecule has 2 N–H and O–H groups in total. The molecule has 0 amide bonds. The van der Waals surface area contributed by atoms with E-state index in [1.165, 1.54) is 0 Å². The lowest BCUT2D eigenvalue weighted by atomic mass is 9.93. The van der Waals surface area contributed by atoms with Crippen LogP contribution < -0.4 is 10.1 Å². The summed E-state index contributed by atoms with van der Waals surface area (Å²) in [6.07, 6.45) is 0.773. The zero-order valence-electron chi connectivity index (χ0n) is 15.1. The van der Waals surface area contributed by atoms with Crippen LogP contribution in [-0.4, -0.2) is 23.6 Å². The SMILES string of the molecule is CCOc1ccc(C2=NC(C(C)C)NC(c3ccccc3O)C2)cc1. The van der Waals surface area contributed by atoms with Crippen LogP contribution in [0.1, 0.15) is 44.4 Å². The van der Waals surface area contributed by atoms with Crippen LogP contribution in [0.3, 0.4) is 0 Å². The van der Waals surface area contributed by atoms with E-state index in [4.69, 9.17) is 9.73 Å². The van der Waals surface area contributed by atoms with E-state index in [2.05, 4.69) is 31.3 Å². The number of nitrogens with one attached hydrogen (secondary N) is 1. The number of para-hydroxylation sites is 1. The molecule has 0 saturated heterocycles. The van der Waals surface area contributed by atoms with E-state index in [1.54, 1.807) is 6.07 Å². The fourth-order valence-electron chi connectivity index (χ4n) is 3.14. The number of nitrogens with zero attached hydrogens (tertiary/aromatic N) is 1. The number of phenolic OH excluding ortho intramolecular Hbond substituents is 1. The van der Waals surface area contributed by atoms with Crippen LogP contribution >= 0.6 is 0 Å². The van der Waals surface area contributed by atoms with E-state index in [0.29, 0.717) is 18.3 Å². The molecule has 0 aromatic heterocycles. The first kappa shape index (κ1) is 17.5. The van der Waals surface area contributed by atoms with Crippen LogP contribution in [0.2, 0.25) is 0 Å². The van der Waals surface area contributed by atoms with Gasteiger partial charge in [0, 0.05) is 23.7 Å². The van der Waals surface area contributed by atoms with Crippen LogP contribution in [-0.2, 0) is 0 Å². The van der Waals surface area contributed by atoms with E-state index >= 15 is 0 Å². The van der Waals surface area contributed by atoms with Crippen LogP contribution in [0.25, 0.3) is 0 Å². The molecule has 0 fully saturated rings. The Morgan fingerprint density at radius 2 is 1.88 bits per heavy atom. The molecular weight excluding hydrogens is 312 g/mol. The lowest BCUT2D eigenvalue weighted by Gasteiger charge is -2.32. The third-order valence-electron chi connectivity index (χ3n) is 4.51. The van der Waals surface area contributed by atoms with Crippen LogP contribution in [0.15, 0.2) is 53.5 Å². The highest BCUT2D eigenvalue weighted by Crippen LogP contribution is 2.31. The smallest absolute Gasteiger partial charge is 0.120 e. The number of rotatable bonds is 5. The number of aliphatic imine (C=N–C) groups is 1. The number of hydrogen-bond donors (Lipinski definition) is 2. The first-order valence-corrected chi connectivity index (χ1v) is 8.92. The zero-order valence-corrected chi connectivity index (χ0v) is 15.1. The molecule has 2 unspecified atom stereocenters. The van der Waals surface area contributed by atoms with Crippen molar-refractivity contribution in [3.8, 4) is 11.5 Å². The summed E-state index contributed by atoms with van der Waals surface area (Å²) in [4.78, 5) is 4.92. The van der Waals surface area contributed by atoms with Gasteiger partial charge in [0.05, 0.1) is 6.61 Å². The number of benzene rings is 2. The molecule has 25 heavy (non-hydrogen) atoms. The average molecular weight is 338 g/mol. The highest BCUT2D eigenvalue weighted by Gasteiger charge is 2.28. The van der Waals surface area contributed by atoms with Crippen LogP contribution in [0, 0.1) is 5.92 Å². The van der Waals surface area contributed by atoms with Gasteiger partial charge in [-0.1, -0.05) is 32.0 Å². The molecule has 0 radical (unpaired) electrons. The van der Waals surface area contributed by atoms with Crippen molar-refractivity contribution < 1.29 is 9.84 Å². The Morgan fingerprint density at radius 3 is 2.52 bits per heavy atom. The number of phenols is 1. The van der Waals surface area contributed by atoms with Gasteiger partial charge in [0.1, 0.15) is 17.7 Å². The molecule has 2 atom stereocenters. The maximum Gasteiger partial charge on any atom is 0.120 e. The fraction of sp³-hybridized carbons (Fsp3) is 0.381. The quantitative estimate of drug-likeness (QED) is 0.855. The van der Waals surface area contributed by atoms with E-state index in [1.807, 2.05) is 37.3 Å². The molecular formula is C21H26N2O2. The van der Waals surface area contributed by atoms with E-state index < -0.39 is 0 Å².